The van der Waals surface area contributed by atoms with E-state index in [9.17, 15) is 0 Å². The maximum atomic E-state index is 5.72. The summed E-state index contributed by atoms with van der Waals surface area (Å²) in [5, 5.41) is 3.43. The fraction of sp³-hybridized carbons (Fsp3) is 0.643. The Morgan fingerprint density at radius 3 is 2.78 bits per heavy atom. The maximum absolute atomic E-state index is 5.72. The van der Waals surface area contributed by atoms with Crippen molar-refractivity contribution in [2.24, 2.45) is 0 Å². The second-order valence-electron chi connectivity index (χ2n) is 5.01. The second kappa shape index (κ2) is 6.83. The molecule has 1 fully saturated rings. The number of aromatic nitrogens is 1. The topological polar surface area (TPSA) is 37.4 Å². The molecule has 18 heavy (non-hydrogen) atoms. The van der Waals surface area contributed by atoms with Crippen LogP contribution in [0.3, 0.4) is 0 Å². The first-order valence-electron chi connectivity index (χ1n) is 6.72. The molecule has 1 N–H and O–H groups in total. The Labute approximate surface area is 109 Å². The van der Waals surface area contributed by atoms with Crippen LogP contribution in [0, 0.1) is 0 Å². The Bertz CT molecular complexity index is 334. The quantitative estimate of drug-likeness (QED) is 0.798. The SMILES string of the molecule is C[C@@H]1CN(CCNCc2ccccn2)C[C@H](C)O1. The summed E-state index contributed by atoms with van der Waals surface area (Å²) in [5.74, 6) is 0. The number of nitrogens with zero attached hydrogens (tertiary/aromatic N) is 2. The number of ether oxygens (including phenoxy) is 1. The number of hydrogen-bond donors (Lipinski definition) is 1. The van der Waals surface area contributed by atoms with Crippen molar-refractivity contribution in [2.75, 3.05) is 26.2 Å². The Morgan fingerprint density at radius 2 is 2.11 bits per heavy atom. The van der Waals surface area contributed by atoms with Gasteiger partial charge in [0.1, 0.15) is 0 Å². The Balaban J connectivity index is 1.63. The smallest absolute Gasteiger partial charge is 0.0678 e. The highest BCUT2D eigenvalue weighted by atomic mass is 16.5. The van der Waals surface area contributed by atoms with Gasteiger partial charge in [-0.1, -0.05) is 6.07 Å². The van der Waals surface area contributed by atoms with Crippen LogP contribution in [0.25, 0.3) is 0 Å². The molecule has 0 spiro atoms. The van der Waals surface area contributed by atoms with Crippen molar-refractivity contribution in [2.45, 2.75) is 32.6 Å². The molecule has 0 aromatic carbocycles. The second-order valence-corrected chi connectivity index (χ2v) is 5.01. The highest BCUT2D eigenvalue weighted by Gasteiger charge is 2.21. The third kappa shape index (κ3) is 4.37. The summed E-state index contributed by atoms with van der Waals surface area (Å²) in [6, 6.07) is 6.02. The molecule has 1 aromatic rings. The van der Waals surface area contributed by atoms with Gasteiger partial charge in [0.25, 0.3) is 0 Å². The number of hydrogen-bond acceptors (Lipinski definition) is 4. The predicted octanol–water partition coefficient (Wildman–Crippen LogP) is 1.28. The third-order valence-electron chi connectivity index (χ3n) is 3.13. The van der Waals surface area contributed by atoms with Gasteiger partial charge in [0, 0.05) is 38.9 Å². The average molecular weight is 249 g/mol. The highest BCUT2D eigenvalue weighted by molar-refractivity contribution is 5.02. The summed E-state index contributed by atoms with van der Waals surface area (Å²) in [4.78, 5) is 6.75. The van der Waals surface area contributed by atoms with Crippen molar-refractivity contribution < 1.29 is 4.74 Å². The fourth-order valence-corrected chi connectivity index (χ4v) is 2.42. The van der Waals surface area contributed by atoms with Crippen LogP contribution in [-0.4, -0.2) is 48.3 Å². The van der Waals surface area contributed by atoms with Gasteiger partial charge in [-0.05, 0) is 26.0 Å². The van der Waals surface area contributed by atoms with Crippen LogP contribution in [0.15, 0.2) is 24.4 Å². The van der Waals surface area contributed by atoms with E-state index in [1.54, 1.807) is 0 Å². The van der Waals surface area contributed by atoms with Crippen molar-refractivity contribution in [3.05, 3.63) is 30.1 Å². The van der Waals surface area contributed by atoms with Crippen molar-refractivity contribution in [3.8, 4) is 0 Å². The first-order chi connectivity index (χ1) is 8.74. The van der Waals surface area contributed by atoms with Crippen molar-refractivity contribution in [1.29, 1.82) is 0 Å². The zero-order valence-corrected chi connectivity index (χ0v) is 11.3. The van der Waals surface area contributed by atoms with Crippen LogP contribution in [0.5, 0.6) is 0 Å². The summed E-state index contributed by atoms with van der Waals surface area (Å²) in [5.41, 5.74) is 1.10. The lowest BCUT2D eigenvalue weighted by atomic mass is 10.2. The first kappa shape index (κ1) is 13.5. The van der Waals surface area contributed by atoms with E-state index in [4.69, 9.17) is 4.74 Å². The van der Waals surface area contributed by atoms with E-state index in [2.05, 4.69) is 29.0 Å². The standard InChI is InChI=1S/C14H23N3O/c1-12-10-17(11-13(2)18-12)8-7-15-9-14-5-3-4-6-16-14/h3-6,12-13,15H,7-11H2,1-2H3/t12-,13+. The van der Waals surface area contributed by atoms with E-state index in [0.29, 0.717) is 12.2 Å². The number of morpholine rings is 1. The van der Waals surface area contributed by atoms with E-state index in [1.165, 1.54) is 0 Å². The molecule has 4 nitrogen and oxygen atoms in total. The minimum absolute atomic E-state index is 0.351. The number of pyridine rings is 1. The molecule has 100 valence electrons. The van der Waals surface area contributed by atoms with Gasteiger partial charge in [0.2, 0.25) is 0 Å². The fourth-order valence-electron chi connectivity index (χ4n) is 2.42. The van der Waals surface area contributed by atoms with Gasteiger partial charge in [0.15, 0.2) is 0 Å². The zero-order chi connectivity index (χ0) is 12.8. The molecule has 1 aliphatic heterocycles. The Morgan fingerprint density at radius 1 is 1.33 bits per heavy atom. The van der Waals surface area contributed by atoms with Gasteiger partial charge in [-0.2, -0.15) is 0 Å². The summed E-state index contributed by atoms with van der Waals surface area (Å²) >= 11 is 0. The summed E-state index contributed by atoms with van der Waals surface area (Å²) in [6.45, 7) is 9.27. The molecule has 0 amide bonds. The minimum Gasteiger partial charge on any atom is -0.373 e. The van der Waals surface area contributed by atoms with Crippen molar-refractivity contribution in [3.63, 3.8) is 0 Å². The predicted molar refractivity (Wildman–Crippen MR) is 72.4 cm³/mol. The molecule has 0 bridgehead atoms. The van der Waals surface area contributed by atoms with E-state index in [-0.39, 0.29) is 0 Å². The van der Waals surface area contributed by atoms with E-state index < -0.39 is 0 Å². The Hall–Kier alpha value is -0.970. The monoisotopic (exact) mass is 249 g/mol. The first-order valence-corrected chi connectivity index (χ1v) is 6.72. The summed E-state index contributed by atoms with van der Waals surface area (Å²) in [7, 11) is 0. The highest BCUT2D eigenvalue weighted by Crippen LogP contribution is 2.09. The number of rotatable bonds is 5. The van der Waals surface area contributed by atoms with Crippen molar-refractivity contribution >= 4 is 0 Å². The van der Waals surface area contributed by atoms with Gasteiger partial charge >= 0.3 is 0 Å². The molecular weight excluding hydrogens is 226 g/mol. The maximum Gasteiger partial charge on any atom is 0.0678 e. The largest absolute Gasteiger partial charge is 0.373 e. The van der Waals surface area contributed by atoms with E-state index >= 15 is 0 Å². The molecule has 0 unspecified atom stereocenters. The molecule has 1 aliphatic rings. The molecular formula is C14H23N3O. The molecule has 0 radical (unpaired) electrons. The molecule has 2 rings (SSSR count). The van der Waals surface area contributed by atoms with Gasteiger partial charge in [-0.3, -0.25) is 9.88 Å². The average Bonchev–Trinajstić information content (AvgIpc) is 2.35. The van der Waals surface area contributed by atoms with Gasteiger partial charge in [0.05, 0.1) is 17.9 Å². The number of nitrogens with one attached hydrogen (secondary N) is 1. The lowest BCUT2D eigenvalue weighted by Crippen LogP contribution is -2.47. The molecule has 4 heteroatoms. The molecule has 1 aromatic heterocycles. The zero-order valence-electron chi connectivity index (χ0n) is 11.3. The van der Waals surface area contributed by atoms with Gasteiger partial charge < -0.3 is 10.1 Å². The summed E-state index contributed by atoms with van der Waals surface area (Å²) < 4.78 is 5.72. The molecule has 0 saturated carbocycles. The van der Waals surface area contributed by atoms with Crippen LogP contribution >= 0.6 is 0 Å². The van der Waals surface area contributed by atoms with E-state index in [0.717, 1.165) is 38.4 Å². The molecule has 0 aliphatic carbocycles. The van der Waals surface area contributed by atoms with Crippen LogP contribution < -0.4 is 5.32 Å². The third-order valence-corrected chi connectivity index (χ3v) is 3.13. The lowest BCUT2D eigenvalue weighted by Gasteiger charge is -2.35. The van der Waals surface area contributed by atoms with Crippen LogP contribution in [0.2, 0.25) is 0 Å². The van der Waals surface area contributed by atoms with Gasteiger partial charge in [-0.25, -0.2) is 0 Å². The minimum atomic E-state index is 0.351. The lowest BCUT2D eigenvalue weighted by molar-refractivity contribution is -0.0674. The van der Waals surface area contributed by atoms with E-state index in [1.807, 2.05) is 24.4 Å². The van der Waals surface area contributed by atoms with Crippen LogP contribution in [0.4, 0.5) is 0 Å². The molecule has 2 atom stereocenters. The molecule has 1 saturated heterocycles. The summed E-state index contributed by atoms with van der Waals surface area (Å²) in [6.07, 6.45) is 2.54. The normalized spacial score (nSPS) is 25.2. The van der Waals surface area contributed by atoms with Crippen LogP contribution in [-0.2, 0) is 11.3 Å². The Kier molecular flexibility index (Phi) is 5.11. The molecule has 2 heterocycles. The van der Waals surface area contributed by atoms with Crippen molar-refractivity contribution in [1.82, 2.24) is 15.2 Å². The van der Waals surface area contributed by atoms with Crippen LogP contribution in [0.1, 0.15) is 19.5 Å². The van der Waals surface area contributed by atoms with Gasteiger partial charge in [-0.15, -0.1) is 0 Å².